The number of anilines is 1. The first-order valence-corrected chi connectivity index (χ1v) is 11.2. The van der Waals surface area contributed by atoms with Crippen LogP contribution in [0.2, 0.25) is 0 Å². The van der Waals surface area contributed by atoms with E-state index in [0.717, 1.165) is 42.6 Å². The smallest absolute Gasteiger partial charge is 0.272 e. The largest absolute Gasteiger partial charge is 0.326 e. The lowest BCUT2D eigenvalue weighted by atomic mass is 10.0. The molecule has 2 aromatic carbocycles. The first-order valence-electron chi connectivity index (χ1n) is 10.3. The number of H-pyrrole nitrogens is 1. The zero-order chi connectivity index (χ0) is 21.5. The second-order valence-electron chi connectivity index (χ2n) is 7.29. The third-order valence-electron chi connectivity index (χ3n) is 5.00. The maximum Gasteiger partial charge on any atom is 0.272 e. The number of carbonyl (C=O) groups is 1. The summed E-state index contributed by atoms with van der Waals surface area (Å²) in [5.74, 6) is -0.00491. The van der Waals surface area contributed by atoms with Crippen LogP contribution < -0.4 is 16.2 Å². The molecular weight excluding hydrogens is 444 g/mol. The van der Waals surface area contributed by atoms with E-state index in [2.05, 4.69) is 38.3 Å². The van der Waals surface area contributed by atoms with E-state index in [4.69, 9.17) is 0 Å². The van der Waals surface area contributed by atoms with Crippen molar-refractivity contribution in [1.82, 2.24) is 15.5 Å². The van der Waals surface area contributed by atoms with Crippen LogP contribution in [-0.2, 0) is 11.3 Å². The monoisotopic (exact) mass is 468 g/mol. The van der Waals surface area contributed by atoms with Gasteiger partial charge in [0.15, 0.2) is 0 Å². The first-order chi connectivity index (χ1) is 15.2. The van der Waals surface area contributed by atoms with Crippen LogP contribution in [-0.4, -0.2) is 22.6 Å². The third kappa shape index (κ3) is 6.03. The molecule has 2 heterocycles. The van der Waals surface area contributed by atoms with Gasteiger partial charge in [0.1, 0.15) is 0 Å². The zero-order valence-electron chi connectivity index (χ0n) is 17.5. The molecule has 2 aromatic heterocycles. The van der Waals surface area contributed by atoms with E-state index in [9.17, 15) is 9.59 Å². The Morgan fingerprint density at radius 3 is 2.66 bits per heavy atom. The number of carbonyl (C=O) groups excluding carboxylic acids is 1. The van der Waals surface area contributed by atoms with Gasteiger partial charge >= 0.3 is 0 Å². The van der Waals surface area contributed by atoms with Crippen molar-refractivity contribution in [1.29, 1.82) is 0 Å². The Hall–Kier alpha value is -3.00. The lowest BCUT2D eigenvalue weighted by Gasteiger charge is -2.09. The molecule has 0 fully saturated rings. The molecule has 4 aromatic rings. The number of aromatic amines is 1. The van der Waals surface area contributed by atoms with E-state index in [1.807, 2.05) is 42.5 Å². The van der Waals surface area contributed by atoms with Crippen molar-refractivity contribution in [3.8, 4) is 11.3 Å². The second kappa shape index (κ2) is 11.6. The van der Waals surface area contributed by atoms with Crippen molar-refractivity contribution in [2.45, 2.75) is 25.8 Å². The average Bonchev–Trinajstić information content (AvgIpc) is 3.30. The summed E-state index contributed by atoms with van der Waals surface area (Å²) in [5, 5.41) is 16.6. The van der Waals surface area contributed by atoms with Gasteiger partial charge in [-0.05, 0) is 49.0 Å². The molecule has 0 bridgehead atoms. The van der Waals surface area contributed by atoms with Crippen LogP contribution >= 0.6 is 23.7 Å². The molecule has 0 saturated heterocycles. The molecule has 3 N–H and O–H groups in total. The van der Waals surface area contributed by atoms with Crippen molar-refractivity contribution in [2.24, 2.45) is 0 Å². The van der Waals surface area contributed by atoms with Crippen molar-refractivity contribution >= 4 is 46.1 Å². The minimum absolute atomic E-state index is 0. The number of rotatable bonds is 9. The third-order valence-corrected chi connectivity index (χ3v) is 5.88. The quantitative estimate of drug-likeness (QED) is 0.302. The summed E-state index contributed by atoms with van der Waals surface area (Å²) in [6, 6.07) is 19.1. The maximum atomic E-state index is 12.3. The minimum Gasteiger partial charge on any atom is -0.326 e. The fraction of sp³-hybridized carbons (Fsp3) is 0.208. The lowest BCUT2D eigenvalue weighted by Crippen LogP contribution is -2.15. The first kappa shape index (κ1) is 23.7. The number of hydrogen-bond donors (Lipinski definition) is 3. The minimum atomic E-state index is -0.214. The number of amides is 1. The highest BCUT2D eigenvalue weighted by Crippen LogP contribution is 2.26. The molecule has 0 unspecified atom stereocenters. The molecular formula is C24H25ClN4O2S. The van der Waals surface area contributed by atoms with Crippen molar-refractivity contribution in [3.05, 3.63) is 81.3 Å². The van der Waals surface area contributed by atoms with Gasteiger partial charge in [-0.25, -0.2) is 5.10 Å². The van der Waals surface area contributed by atoms with Crippen LogP contribution in [0.4, 0.5) is 5.69 Å². The van der Waals surface area contributed by atoms with Crippen LogP contribution in [0, 0.1) is 0 Å². The SMILES string of the molecule is Cl.O=C(CCCCNCc1cccs1)Nc1cccc(-c2n[nH]c(=O)c3ccccc23)c1. The van der Waals surface area contributed by atoms with Gasteiger partial charge in [-0.2, -0.15) is 5.10 Å². The molecule has 0 aliphatic carbocycles. The zero-order valence-corrected chi connectivity index (χ0v) is 19.1. The number of hydrogen-bond acceptors (Lipinski definition) is 5. The van der Waals surface area contributed by atoms with Gasteiger partial charge in [0.25, 0.3) is 5.56 Å². The molecule has 0 radical (unpaired) electrons. The highest BCUT2D eigenvalue weighted by molar-refractivity contribution is 7.09. The highest BCUT2D eigenvalue weighted by atomic mass is 35.5. The van der Waals surface area contributed by atoms with Crippen LogP contribution in [0.15, 0.2) is 70.8 Å². The summed E-state index contributed by atoms with van der Waals surface area (Å²) < 4.78 is 0. The number of halogens is 1. The molecule has 8 heteroatoms. The number of aromatic nitrogens is 2. The number of nitrogens with zero attached hydrogens (tertiary/aromatic N) is 1. The Labute approximate surface area is 196 Å². The number of fused-ring (bicyclic) bond motifs is 1. The summed E-state index contributed by atoms with van der Waals surface area (Å²) in [6.45, 7) is 1.77. The standard InChI is InChI=1S/C24H24N4O2S.ClH/c29-22(12-3-4-13-25-16-19-9-6-14-31-19)26-18-8-5-7-17(15-18)23-20-10-1-2-11-21(20)24(30)28-27-23;/h1-2,5-11,14-15,25H,3-4,12-13,16H2,(H,26,29)(H,28,30);1H. The predicted molar refractivity (Wildman–Crippen MR) is 134 cm³/mol. The summed E-state index contributed by atoms with van der Waals surface area (Å²) in [6.07, 6.45) is 2.26. The number of thiophene rings is 1. The van der Waals surface area contributed by atoms with Gasteiger partial charge in [0.2, 0.25) is 5.91 Å². The predicted octanol–water partition coefficient (Wildman–Crippen LogP) is 4.97. The Bertz CT molecular complexity index is 1220. The van der Waals surface area contributed by atoms with Gasteiger partial charge in [-0.1, -0.05) is 36.4 Å². The highest BCUT2D eigenvalue weighted by Gasteiger charge is 2.10. The summed E-state index contributed by atoms with van der Waals surface area (Å²) in [4.78, 5) is 25.7. The summed E-state index contributed by atoms with van der Waals surface area (Å²) in [7, 11) is 0. The van der Waals surface area contributed by atoms with Gasteiger partial charge in [-0.15, -0.1) is 23.7 Å². The van der Waals surface area contributed by atoms with Gasteiger partial charge in [0, 0.05) is 34.5 Å². The molecule has 1 amide bonds. The molecule has 0 atom stereocenters. The van der Waals surface area contributed by atoms with E-state index in [-0.39, 0.29) is 23.9 Å². The second-order valence-corrected chi connectivity index (χ2v) is 8.32. The van der Waals surface area contributed by atoms with E-state index in [1.54, 1.807) is 17.4 Å². The molecule has 0 aliphatic heterocycles. The molecule has 0 saturated carbocycles. The molecule has 0 spiro atoms. The normalized spacial score (nSPS) is 10.6. The Kier molecular flexibility index (Phi) is 8.56. The van der Waals surface area contributed by atoms with Crippen molar-refractivity contribution < 1.29 is 4.79 Å². The molecule has 4 rings (SSSR count). The van der Waals surface area contributed by atoms with Gasteiger partial charge in [0.05, 0.1) is 11.1 Å². The average molecular weight is 469 g/mol. The Morgan fingerprint density at radius 1 is 1.00 bits per heavy atom. The van der Waals surface area contributed by atoms with Gasteiger partial charge < -0.3 is 10.6 Å². The van der Waals surface area contributed by atoms with E-state index >= 15 is 0 Å². The number of nitrogens with one attached hydrogen (secondary N) is 3. The van der Waals surface area contributed by atoms with Crippen LogP contribution in [0.5, 0.6) is 0 Å². The van der Waals surface area contributed by atoms with Crippen molar-refractivity contribution in [3.63, 3.8) is 0 Å². The fourth-order valence-electron chi connectivity index (χ4n) is 3.46. The number of unbranched alkanes of at least 4 members (excludes halogenated alkanes) is 1. The van der Waals surface area contributed by atoms with Crippen LogP contribution in [0.3, 0.4) is 0 Å². The summed E-state index contributed by atoms with van der Waals surface area (Å²) in [5.41, 5.74) is 2.02. The lowest BCUT2D eigenvalue weighted by molar-refractivity contribution is -0.116. The molecule has 6 nitrogen and oxygen atoms in total. The fourth-order valence-corrected chi connectivity index (χ4v) is 4.14. The van der Waals surface area contributed by atoms with Crippen LogP contribution in [0.25, 0.3) is 22.0 Å². The van der Waals surface area contributed by atoms with Gasteiger partial charge in [-0.3, -0.25) is 9.59 Å². The molecule has 166 valence electrons. The van der Waals surface area contributed by atoms with Crippen LogP contribution in [0.1, 0.15) is 24.1 Å². The van der Waals surface area contributed by atoms with E-state index in [1.165, 1.54) is 4.88 Å². The maximum absolute atomic E-state index is 12.3. The summed E-state index contributed by atoms with van der Waals surface area (Å²) >= 11 is 1.74. The molecule has 32 heavy (non-hydrogen) atoms. The Morgan fingerprint density at radius 2 is 1.84 bits per heavy atom. The molecule has 0 aliphatic rings. The van der Waals surface area contributed by atoms with Crippen molar-refractivity contribution in [2.75, 3.05) is 11.9 Å². The Balaban J connectivity index is 0.00000289. The van der Waals surface area contributed by atoms with E-state index in [0.29, 0.717) is 17.5 Å². The van der Waals surface area contributed by atoms with E-state index < -0.39 is 0 Å². The topological polar surface area (TPSA) is 86.9 Å². The number of benzene rings is 2.